The molecule has 0 saturated heterocycles. The van der Waals surface area contributed by atoms with Crippen LogP contribution < -0.4 is 20.5 Å². The molecular weight excluding hydrogens is 503 g/mol. The van der Waals surface area contributed by atoms with Crippen LogP contribution in [0.2, 0.25) is 0 Å². The number of anilines is 2. The Kier molecular flexibility index (Phi) is 10.2. The second kappa shape index (κ2) is 11.9. The molecular formula is C20H29IN4O3S. The maximum absolute atomic E-state index is 11.2. The van der Waals surface area contributed by atoms with Gasteiger partial charge in [-0.25, -0.2) is 13.4 Å². The molecule has 29 heavy (non-hydrogen) atoms. The molecule has 0 amide bonds. The number of halogens is 1. The number of guanidine groups is 1. The molecule has 0 aliphatic heterocycles. The van der Waals surface area contributed by atoms with Crippen LogP contribution in [0.1, 0.15) is 25.0 Å². The van der Waals surface area contributed by atoms with Gasteiger partial charge >= 0.3 is 0 Å². The Bertz CT molecular complexity index is 894. The van der Waals surface area contributed by atoms with E-state index in [4.69, 9.17) is 10.5 Å². The van der Waals surface area contributed by atoms with E-state index in [1.165, 1.54) is 11.1 Å². The van der Waals surface area contributed by atoms with Gasteiger partial charge in [-0.05, 0) is 48.2 Å². The molecule has 0 saturated carbocycles. The maximum Gasteiger partial charge on any atom is 0.229 e. The molecule has 0 atom stereocenters. The first kappa shape index (κ1) is 25.0. The Balaban J connectivity index is 0.00000420. The summed E-state index contributed by atoms with van der Waals surface area (Å²) in [5, 5.41) is 3.22. The average molecular weight is 532 g/mol. The molecule has 4 N–H and O–H groups in total. The lowest BCUT2D eigenvalue weighted by Crippen LogP contribution is -2.25. The third-order valence-electron chi connectivity index (χ3n) is 4.05. The fraction of sp³-hybridized carbons (Fsp3) is 0.350. The standard InChI is InChI=1S/C20H28N4O3S.HI/c1-4-15-7-6-8-16(5-2)19(15)23-20(21)22-13-14-27-18-11-9-17(10-12-18)24-28(3,25)26;/h6-12,24H,4-5,13-14H2,1-3H3,(H3,21,22,23);1H. The quantitative estimate of drug-likeness (QED) is 0.198. The highest BCUT2D eigenvalue weighted by atomic mass is 127. The summed E-state index contributed by atoms with van der Waals surface area (Å²) in [6.45, 7) is 4.98. The van der Waals surface area contributed by atoms with Gasteiger partial charge in [-0.3, -0.25) is 4.72 Å². The van der Waals surface area contributed by atoms with Gasteiger partial charge in [0.2, 0.25) is 10.0 Å². The number of nitrogens with zero attached hydrogens (tertiary/aromatic N) is 1. The number of ether oxygens (including phenoxy) is 1. The number of nitrogens with two attached hydrogens (primary N) is 1. The van der Waals surface area contributed by atoms with Crippen LogP contribution in [-0.2, 0) is 22.9 Å². The highest BCUT2D eigenvalue weighted by molar-refractivity contribution is 14.0. The van der Waals surface area contributed by atoms with Crippen LogP contribution in [0, 0.1) is 0 Å². The van der Waals surface area contributed by atoms with Crippen LogP contribution >= 0.6 is 24.0 Å². The van der Waals surface area contributed by atoms with Gasteiger partial charge < -0.3 is 15.8 Å². The molecule has 2 aromatic rings. The number of aliphatic imine (C=N–C) groups is 1. The Morgan fingerprint density at radius 1 is 1.07 bits per heavy atom. The van der Waals surface area contributed by atoms with Crippen molar-refractivity contribution in [1.82, 2.24) is 0 Å². The van der Waals surface area contributed by atoms with E-state index in [0.29, 0.717) is 30.5 Å². The van der Waals surface area contributed by atoms with Gasteiger partial charge in [0.15, 0.2) is 5.96 Å². The number of hydrogen-bond acceptors (Lipinski definition) is 4. The smallest absolute Gasteiger partial charge is 0.229 e. The summed E-state index contributed by atoms with van der Waals surface area (Å²) in [5.41, 5.74) is 9.96. The van der Waals surface area contributed by atoms with E-state index in [-0.39, 0.29) is 24.0 Å². The molecule has 0 unspecified atom stereocenters. The van der Waals surface area contributed by atoms with E-state index >= 15 is 0 Å². The summed E-state index contributed by atoms with van der Waals surface area (Å²) >= 11 is 0. The zero-order valence-corrected chi connectivity index (χ0v) is 20.1. The van der Waals surface area contributed by atoms with Crippen LogP contribution in [0.15, 0.2) is 47.5 Å². The molecule has 2 aromatic carbocycles. The number of para-hydroxylation sites is 1. The highest BCUT2D eigenvalue weighted by Gasteiger charge is 2.07. The van der Waals surface area contributed by atoms with Gasteiger partial charge in [0.25, 0.3) is 0 Å². The van der Waals surface area contributed by atoms with Gasteiger partial charge in [-0.2, -0.15) is 0 Å². The van der Waals surface area contributed by atoms with Gasteiger partial charge in [-0.1, -0.05) is 32.0 Å². The molecule has 0 aliphatic carbocycles. The van der Waals surface area contributed by atoms with Crippen molar-refractivity contribution in [1.29, 1.82) is 0 Å². The van der Waals surface area contributed by atoms with Gasteiger partial charge in [0.1, 0.15) is 12.4 Å². The Morgan fingerprint density at radius 2 is 1.66 bits per heavy atom. The second-order valence-electron chi connectivity index (χ2n) is 6.30. The topological polar surface area (TPSA) is 106 Å². The Hall–Kier alpha value is -2.01. The average Bonchev–Trinajstić information content (AvgIpc) is 2.65. The first-order valence-electron chi connectivity index (χ1n) is 9.20. The first-order chi connectivity index (χ1) is 13.3. The van der Waals surface area contributed by atoms with Crippen molar-refractivity contribution in [3.63, 3.8) is 0 Å². The Morgan fingerprint density at radius 3 is 2.17 bits per heavy atom. The monoisotopic (exact) mass is 532 g/mol. The molecule has 0 radical (unpaired) electrons. The van der Waals surface area contributed by atoms with Crippen molar-refractivity contribution in [3.05, 3.63) is 53.6 Å². The van der Waals surface area contributed by atoms with Crippen molar-refractivity contribution < 1.29 is 13.2 Å². The lowest BCUT2D eigenvalue weighted by atomic mass is 10.0. The SMILES string of the molecule is CCc1cccc(CC)c1NC(N)=NCCOc1ccc(NS(C)(=O)=O)cc1.I. The van der Waals surface area contributed by atoms with E-state index in [0.717, 1.165) is 24.8 Å². The summed E-state index contributed by atoms with van der Waals surface area (Å²) in [5.74, 6) is 0.984. The molecule has 0 heterocycles. The summed E-state index contributed by atoms with van der Waals surface area (Å²) < 4.78 is 30.4. The molecule has 0 spiro atoms. The third-order valence-corrected chi connectivity index (χ3v) is 4.66. The number of aryl methyl sites for hydroxylation is 2. The molecule has 160 valence electrons. The zero-order valence-electron chi connectivity index (χ0n) is 16.9. The van der Waals surface area contributed by atoms with Crippen LogP contribution in [-0.4, -0.2) is 33.8 Å². The molecule has 0 aromatic heterocycles. The minimum Gasteiger partial charge on any atom is -0.492 e. The van der Waals surface area contributed by atoms with E-state index in [2.05, 4.69) is 47.1 Å². The second-order valence-corrected chi connectivity index (χ2v) is 8.05. The van der Waals surface area contributed by atoms with Crippen molar-refractivity contribution >= 4 is 51.3 Å². The van der Waals surface area contributed by atoms with Crippen LogP contribution in [0.4, 0.5) is 11.4 Å². The van der Waals surface area contributed by atoms with E-state index < -0.39 is 10.0 Å². The normalized spacial score (nSPS) is 11.5. The number of nitrogens with one attached hydrogen (secondary N) is 2. The molecule has 9 heteroatoms. The first-order valence-corrected chi connectivity index (χ1v) is 11.1. The lowest BCUT2D eigenvalue weighted by molar-refractivity contribution is 0.329. The van der Waals surface area contributed by atoms with Crippen molar-refractivity contribution in [2.75, 3.05) is 29.4 Å². The Labute approximate surface area is 190 Å². The number of rotatable bonds is 9. The molecule has 0 fully saturated rings. The van der Waals surface area contributed by atoms with Crippen LogP contribution in [0.25, 0.3) is 0 Å². The van der Waals surface area contributed by atoms with E-state index in [1.54, 1.807) is 24.3 Å². The fourth-order valence-electron chi connectivity index (χ4n) is 2.73. The minimum atomic E-state index is -3.29. The summed E-state index contributed by atoms with van der Waals surface area (Å²) in [7, 11) is -3.29. The summed E-state index contributed by atoms with van der Waals surface area (Å²) in [6.07, 6.45) is 2.93. The van der Waals surface area contributed by atoms with E-state index in [1.807, 2.05) is 0 Å². The van der Waals surface area contributed by atoms with Crippen LogP contribution in [0.5, 0.6) is 5.75 Å². The maximum atomic E-state index is 11.2. The molecule has 0 bridgehead atoms. The zero-order chi connectivity index (χ0) is 20.6. The lowest BCUT2D eigenvalue weighted by Gasteiger charge is -2.15. The van der Waals surface area contributed by atoms with Gasteiger partial charge in [0.05, 0.1) is 12.8 Å². The summed E-state index contributed by atoms with van der Waals surface area (Å²) in [4.78, 5) is 4.32. The van der Waals surface area contributed by atoms with Gasteiger partial charge in [0, 0.05) is 11.4 Å². The fourth-order valence-corrected chi connectivity index (χ4v) is 3.30. The molecule has 7 nitrogen and oxygen atoms in total. The van der Waals surface area contributed by atoms with E-state index in [9.17, 15) is 8.42 Å². The van der Waals surface area contributed by atoms with Crippen molar-refractivity contribution in [2.24, 2.45) is 10.7 Å². The largest absolute Gasteiger partial charge is 0.492 e. The van der Waals surface area contributed by atoms with Gasteiger partial charge in [-0.15, -0.1) is 24.0 Å². The van der Waals surface area contributed by atoms with Crippen LogP contribution in [0.3, 0.4) is 0 Å². The molecule has 0 aliphatic rings. The highest BCUT2D eigenvalue weighted by Crippen LogP contribution is 2.22. The van der Waals surface area contributed by atoms with Crippen molar-refractivity contribution in [3.8, 4) is 5.75 Å². The number of sulfonamides is 1. The molecule has 2 rings (SSSR count). The summed E-state index contributed by atoms with van der Waals surface area (Å²) in [6, 6.07) is 12.9. The minimum absolute atomic E-state index is 0. The number of hydrogen-bond donors (Lipinski definition) is 3. The number of benzene rings is 2. The predicted molar refractivity (Wildman–Crippen MR) is 131 cm³/mol. The predicted octanol–water partition coefficient (Wildman–Crippen LogP) is 3.61. The van der Waals surface area contributed by atoms with Crippen molar-refractivity contribution in [2.45, 2.75) is 26.7 Å². The third kappa shape index (κ3) is 8.48.